The second-order valence-corrected chi connectivity index (χ2v) is 7.72. The molecule has 0 spiro atoms. The number of nitrogens with zero attached hydrogens (tertiary/aromatic N) is 2. The van der Waals surface area contributed by atoms with Gasteiger partial charge in [-0.1, -0.05) is 22.8 Å². The molecule has 1 heterocycles. The zero-order valence-electron chi connectivity index (χ0n) is 17.3. The summed E-state index contributed by atoms with van der Waals surface area (Å²) in [5.41, 5.74) is -3.57. The van der Waals surface area contributed by atoms with Gasteiger partial charge in [0.1, 0.15) is 17.2 Å². The second kappa shape index (κ2) is 8.93. The van der Waals surface area contributed by atoms with E-state index >= 15 is 0 Å². The van der Waals surface area contributed by atoms with Gasteiger partial charge in [0.15, 0.2) is 0 Å². The van der Waals surface area contributed by atoms with Crippen molar-refractivity contribution in [1.29, 1.82) is 0 Å². The first-order chi connectivity index (χ1) is 16.8. The van der Waals surface area contributed by atoms with Crippen LogP contribution in [-0.2, 0) is 18.9 Å². The largest absolute Gasteiger partial charge is 0.471 e. The predicted octanol–water partition coefficient (Wildman–Crippen LogP) is 5.52. The highest BCUT2D eigenvalue weighted by molar-refractivity contribution is 6.33. The molecule has 1 aromatic heterocycles. The molecule has 0 atom stereocenters. The third-order valence-corrected chi connectivity index (χ3v) is 5.19. The molecule has 0 bridgehead atoms. The van der Waals surface area contributed by atoms with Gasteiger partial charge in [-0.05, 0) is 35.9 Å². The molecule has 7 nitrogen and oxygen atoms in total. The molecular weight excluding hydrogens is 525 g/mol. The van der Waals surface area contributed by atoms with E-state index in [4.69, 9.17) is 11.6 Å². The van der Waals surface area contributed by atoms with Crippen molar-refractivity contribution in [2.24, 2.45) is 0 Å². The smallest absolute Gasteiger partial charge is 0.376 e. The fourth-order valence-corrected chi connectivity index (χ4v) is 3.32. The van der Waals surface area contributed by atoms with Crippen molar-refractivity contribution >= 4 is 28.7 Å². The lowest BCUT2D eigenvalue weighted by Gasteiger charge is -2.16. The maximum absolute atomic E-state index is 14.5. The Morgan fingerprint density at radius 2 is 1.61 bits per heavy atom. The Morgan fingerprint density at radius 1 is 0.917 bits per heavy atom. The van der Waals surface area contributed by atoms with Crippen molar-refractivity contribution in [3.8, 4) is 11.4 Å². The summed E-state index contributed by atoms with van der Waals surface area (Å²) < 4.78 is 94.7. The number of halogens is 8. The normalized spacial score (nSPS) is 12.2. The third kappa shape index (κ3) is 4.89. The summed E-state index contributed by atoms with van der Waals surface area (Å²) in [6, 6.07) is 5.72. The molecule has 0 aliphatic carbocycles. The molecule has 15 heteroatoms. The van der Waals surface area contributed by atoms with E-state index in [0.29, 0.717) is 6.07 Å². The van der Waals surface area contributed by atoms with E-state index in [2.05, 4.69) is 25.3 Å². The van der Waals surface area contributed by atoms with Crippen LogP contribution < -0.4 is 21.5 Å². The van der Waals surface area contributed by atoms with E-state index in [1.807, 2.05) is 0 Å². The molecule has 4 aromatic rings. The molecule has 0 aliphatic rings. The van der Waals surface area contributed by atoms with Crippen LogP contribution in [0.4, 0.5) is 47.8 Å². The first-order valence-corrected chi connectivity index (χ1v) is 10.0. The van der Waals surface area contributed by atoms with Gasteiger partial charge in [-0.2, -0.15) is 31.3 Å². The van der Waals surface area contributed by atoms with Crippen LogP contribution in [0.15, 0.2) is 50.5 Å². The van der Waals surface area contributed by atoms with Crippen LogP contribution in [0.3, 0.4) is 0 Å². The molecule has 0 aliphatic heterocycles. The number of anilines is 3. The summed E-state index contributed by atoms with van der Waals surface area (Å²) in [4.78, 5) is 27.0. The first-order valence-electron chi connectivity index (χ1n) is 9.66. The van der Waals surface area contributed by atoms with Crippen LogP contribution in [0, 0.1) is 5.82 Å². The Morgan fingerprint density at radius 3 is 2.19 bits per heavy atom. The maximum Gasteiger partial charge on any atom is 0.471 e. The lowest BCUT2D eigenvalue weighted by molar-refractivity contribution is -0.159. The molecule has 0 amide bonds. The molecule has 3 aromatic carbocycles. The van der Waals surface area contributed by atoms with Crippen molar-refractivity contribution < 1.29 is 35.3 Å². The van der Waals surface area contributed by atoms with Gasteiger partial charge in [0, 0.05) is 6.54 Å². The molecule has 0 radical (unpaired) electrons. The molecule has 2 N–H and O–H groups in total. The molecule has 188 valence electrons. The fourth-order valence-electron chi connectivity index (χ4n) is 3.10. The summed E-state index contributed by atoms with van der Waals surface area (Å²) in [5.74, 6) is -3.25. The average molecular weight is 535 g/mol. The SMILES string of the molecule is O=c1c(NCc2ccc(-c3noc(C(F)(F)F)n3)c(F)c2)c(Nc2ccc(C(F)(F)F)cc2Cl)c1=O. The standard InChI is InChI=1S/C21H10ClF7N4O3/c22-11-6-9(20(24,25)26)2-4-13(11)31-15-14(16(34)17(15)35)30-7-8-1-3-10(12(23)5-8)18-32-19(36-33-18)21(27,28)29/h1-6,30-31H,7H2. The molecule has 36 heavy (non-hydrogen) atoms. The quantitative estimate of drug-likeness (QED) is 0.248. The Kier molecular flexibility index (Phi) is 6.24. The average Bonchev–Trinajstić information content (AvgIpc) is 3.29. The second-order valence-electron chi connectivity index (χ2n) is 7.31. The molecule has 0 fully saturated rings. The minimum Gasteiger partial charge on any atom is -0.376 e. The fraction of sp³-hybridized carbons (Fsp3) is 0.143. The Labute approximate surface area is 200 Å². The van der Waals surface area contributed by atoms with E-state index in [1.165, 1.54) is 6.07 Å². The van der Waals surface area contributed by atoms with Gasteiger partial charge in [0.25, 0.3) is 10.9 Å². The van der Waals surface area contributed by atoms with E-state index in [9.17, 15) is 40.3 Å². The number of rotatable bonds is 6. The Bertz CT molecular complexity index is 1520. The van der Waals surface area contributed by atoms with Gasteiger partial charge in [-0.15, -0.1) is 0 Å². The molecule has 0 unspecified atom stereocenters. The van der Waals surface area contributed by atoms with Gasteiger partial charge >= 0.3 is 18.2 Å². The van der Waals surface area contributed by atoms with E-state index in [0.717, 1.165) is 24.3 Å². The van der Waals surface area contributed by atoms with Crippen LogP contribution in [0.25, 0.3) is 11.4 Å². The van der Waals surface area contributed by atoms with E-state index < -0.39 is 46.3 Å². The maximum atomic E-state index is 14.5. The van der Waals surface area contributed by atoms with Crippen LogP contribution in [-0.4, -0.2) is 10.1 Å². The number of hydrogen-bond acceptors (Lipinski definition) is 7. The summed E-state index contributed by atoms with van der Waals surface area (Å²) in [7, 11) is 0. The van der Waals surface area contributed by atoms with Crippen molar-refractivity contribution in [2.75, 3.05) is 10.6 Å². The molecule has 4 rings (SSSR count). The number of alkyl halides is 6. The van der Waals surface area contributed by atoms with Crippen LogP contribution in [0.5, 0.6) is 0 Å². The van der Waals surface area contributed by atoms with Gasteiger partial charge in [0.2, 0.25) is 5.82 Å². The summed E-state index contributed by atoms with van der Waals surface area (Å²) >= 11 is 5.85. The third-order valence-electron chi connectivity index (χ3n) is 4.88. The number of aromatic nitrogens is 2. The minimum absolute atomic E-state index is 0.0615. The molecule has 0 saturated heterocycles. The van der Waals surface area contributed by atoms with Crippen LogP contribution in [0.2, 0.25) is 5.02 Å². The van der Waals surface area contributed by atoms with Crippen molar-refractivity contribution in [1.82, 2.24) is 10.1 Å². The van der Waals surface area contributed by atoms with Crippen LogP contribution >= 0.6 is 11.6 Å². The van der Waals surface area contributed by atoms with Gasteiger partial charge in [-0.25, -0.2) is 4.39 Å². The van der Waals surface area contributed by atoms with E-state index in [-0.39, 0.29) is 39.8 Å². The minimum atomic E-state index is -4.90. The summed E-state index contributed by atoms with van der Waals surface area (Å²) in [6.07, 6.45) is -9.53. The first kappa shape index (κ1) is 25.2. The van der Waals surface area contributed by atoms with Gasteiger partial charge in [-0.3, -0.25) is 9.59 Å². The number of hydrogen-bond donors (Lipinski definition) is 2. The zero-order valence-corrected chi connectivity index (χ0v) is 18.1. The lowest BCUT2D eigenvalue weighted by atomic mass is 10.1. The topological polar surface area (TPSA) is 97.1 Å². The van der Waals surface area contributed by atoms with Crippen molar-refractivity contribution in [2.45, 2.75) is 18.9 Å². The van der Waals surface area contributed by atoms with Crippen molar-refractivity contribution in [3.63, 3.8) is 0 Å². The molecule has 0 saturated carbocycles. The van der Waals surface area contributed by atoms with Crippen LogP contribution in [0.1, 0.15) is 17.0 Å². The monoisotopic (exact) mass is 534 g/mol. The lowest BCUT2D eigenvalue weighted by Crippen LogP contribution is -2.36. The predicted molar refractivity (Wildman–Crippen MR) is 113 cm³/mol. The van der Waals surface area contributed by atoms with Crippen molar-refractivity contribution in [3.05, 3.63) is 84.7 Å². The van der Waals surface area contributed by atoms with Gasteiger partial charge < -0.3 is 15.2 Å². The zero-order chi connectivity index (χ0) is 26.4. The highest BCUT2D eigenvalue weighted by Gasteiger charge is 2.38. The molecular formula is C21H10ClF7N4O3. The number of benzene rings is 2. The highest BCUT2D eigenvalue weighted by Crippen LogP contribution is 2.35. The van der Waals surface area contributed by atoms with E-state index in [1.54, 1.807) is 0 Å². The Balaban J connectivity index is 1.49. The Hall–Kier alpha value is -3.94. The number of nitrogens with one attached hydrogen (secondary N) is 2. The van der Waals surface area contributed by atoms with Gasteiger partial charge in [0.05, 0.1) is 21.8 Å². The summed E-state index contributed by atoms with van der Waals surface area (Å²) in [6.45, 7) is -0.197. The highest BCUT2D eigenvalue weighted by atomic mass is 35.5. The summed E-state index contributed by atoms with van der Waals surface area (Å²) in [5, 5.41) is 7.86.